The Labute approximate surface area is 89.7 Å². The van der Waals surface area contributed by atoms with Crippen LogP contribution in [0.5, 0.6) is 0 Å². The third-order valence-electron chi connectivity index (χ3n) is 3.79. The van der Waals surface area contributed by atoms with E-state index >= 15 is 0 Å². The largest absolute Gasteiger partial charge is 0.363 e. The molecule has 1 aliphatic heterocycles. The minimum absolute atomic E-state index is 1.01. The van der Waals surface area contributed by atoms with Gasteiger partial charge in [-0.25, -0.2) is 0 Å². The fraction of sp³-hybridized carbons (Fsp3) is 0.667. The van der Waals surface area contributed by atoms with Crippen molar-refractivity contribution in [1.82, 2.24) is 0 Å². The van der Waals surface area contributed by atoms with E-state index in [1.54, 1.807) is 0 Å². The Morgan fingerprint density at radius 2 is 1.86 bits per heavy atom. The second kappa shape index (κ2) is 3.58. The third kappa shape index (κ3) is 1.46. The zero-order chi connectivity index (χ0) is 9.38. The highest BCUT2D eigenvalue weighted by molar-refractivity contribution is 7.14. The highest BCUT2D eigenvalue weighted by atomic mass is 32.1. The van der Waals surface area contributed by atoms with E-state index in [2.05, 4.69) is 22.4 Å². The molecule has 14 heavy (non-hydrogen) atoms. The molecule has 0 aromatic carbocycles. The fourth-order valence-corrected chi connectivity index (χ4v) is 3.79. The minimum atomic E-state index is 1.01. The molecule has 76 valence electrons. The van der Waals surface area contributed by atoms with E-state index in [0.717, 1.165) is 11.8 Å². The molecular formula is C12H17NS. The molecule has 0 spiro atoms. The van der Waals surface area contributed by atoms with Gasteiger partial charge in [-0.2, -0.15) is 0 Å². The molecule has 0 amide bonds. The van der Waals surface area contributed by atoms with Gasteiger partial charge in [0.05, 0.1) is 5.00 Å². The number of fused-ring (bicyclic) bond motifs is 1. The predicted molar refractivity (Wildman–Crippen MR) is 62.0 cm³/mol. The molecule has 0 bridgehead atoms. The van der Waals surface area contributed by atoms with Crippen LogP contribution in [0.4, 0.5) is 5.00 Å². The van der Waals surface area contributed by atoms with Crippen LogP contribution in [0.25, 0.3) is 0 Å². The summed E-state index contributed by atoms with van der Waals surface area (Å²) in [6.07, 6.45) is 5.90. The van der Waals surface area contributed by atoms with Crippen molar-refractivity contribution in [1.29, 1.82) is 0 Å². The van der Waals surface area contributed by atoms with Gasteiger partial charge in [0.1, 0.15) is 0 Å². The molecule has 2 aliphatic rings. The molecule has 1 aromatic rings. The standard InChI is InChI=1S/C12H17NS/c1-2-5-11-9-13(8-10(11)4-1)12-6-3-7-14-12/h3,6-7,10-11H,1-2,4-5,8-9H2/t10-,11+. The fourth-order valence-electron chi connectivity index (χ4n) is 3.04. The summed E-state index contributed by atoms with van der Waals surface area (Å²) in [6, 6.07) is 4.43. The topological polar surface area (TPSA) is 3.24 Å². The molecule has 2 atom stereocenters. The van der Waals surface area contributed by atoms with E-state index in [1.807, 2.05) is 11.3 Å². The number of hydrogen-bond acceptors (Lipinski definition) is 2. The molecule has 0 radical (unpaired) electrons. The van der Waals surface area contributed by atoms with Gasteiger partial charge in [-0.3, -0.25) is 0 Å². The van der Waals surface area contributed by atoms with Crippen molar-refractivity contribution in [3.63, 3.8) is 0 Å². The van der Waals surface area contributed by atoms with E-state index < -0.39 is 0 Å². The molecule has 2 heteroatoms. The molecule has 1 saturated carbocycles. The minimum Gasteiger partial charge on any atom is -0.363 e. The summed E-state index contributed by atoms with van der Waals surface area (Å²) in [6.45, 7) is 2.65. The first kappa shape index (κ1) is 8.78. The third-order valence-corrected chi connectivity index (χ3v) is 4.72. The van der Waals surface area contributed by atoms with Gasteiger partial charge in [-0.1, -0.05) is 12.8 Å². The van der Waals surface area contributed by atoms with Gasteiger partial charge < -0.3 is 4.90 Å². The maximum absolute atomic E-state index is 2.60. The zero-order valence-corrected chi connectivity index (χ0v) is 9.30. The number of thiophene rings is 1. The Morgan fingerprint density at radius 1 is 1.14 bits per heavy atom. The van der Waals surface area contributed by atoms with E-state index in [1.165, 1.54) is 43.8 Å². The first-order valence-electron chi connectivity index (χ1n) is 5.72. The van der Waals surface area contributed by atoms with Gasteiger partial charge in [-0.05, 0) is 42.2 Å². The van der Waals surface area contributed by atoms with Crippen LogP contribution in [-0.2, 0) is 0 Å². The van der Waals surface area contributed by atoms with Crippen molar-refractivity contribution in [2.24, 2.45) is 11.8 Å². The average molecular weight is 207 g/mol. The molecule has 2 heterocycles. The Morgan fingerprint density at radius 3 is 2.43 bits per heavy atom. The van der Waals surface area contributed by atoms with Crippen molar-refractivity contribution in [3.05, 3.63) is 17.5 Å². The molecule has 0 unspecified atom stereocenters. The summed E-state index contributed by atoms with van der Waals surface area (Å²) in [5.74, 6) is 2.01. The summed E-state index contributed by atoms with van der Waals surface area (Å²) >= 11 is 1.89. The average Bonchev–Trinajstić information content (AvgIpc) is 2.86. The van der Waals surface area contributed by atoms with Gasteiger partial charge in [0.2, 0.25) is 0 Å². The summed E-state index contributed by atoms with van der Waals surface area (Å²) in [5, 5.41) is 3.68. The maximum atomic E-state index is 2.60. The molecule has 1 aliphatic carbocycles. The monoisotopic (exact) mass is 207 g/mol. The highest BCUT2D eigenvalue weighted by Gasteiger charge is 2.34. The van der Waals surface area contributed by atoms with Crippen LogP contribution in [0.15, 0.2) is 17.5 Å². The summed E-state index contributed by atoms with van der Waals surface area (Å²) in [7, 11) is 0. The second-order valence-electron chi connectivity index (χ2n) is 4.66. The number of nitrogens with zero attached hydrogens (tertiary/aromatic N) is 1. The van der Waals surface area contributed by atoms with E-state index in [4.69, 9.17) is 0 Å². The van der Waals surface area contributed by atoms with Crippen LogP contribution < -0.4 is 4.90 Å². The van der Waals surface area contributed by atoms with Crippen molar-refractivity contribution >= 4 is 16.3 Å². The van der Waals surface area contributed by atoms with E-state index in [-0.39, 0.29) is 0 Å². The molecular weight excluding hydrogens is 190 g/mol. The number of anilines is 1. The molecule has 3 rings (SSSR count). The van der Waals surface area contributed by atoms with Gasteiger partial charge in [0.25, 0.3) is 0 Å². The second-order valence-corrected chi connectivity index (χ2v) is 5.59. The van der Waals surface area contributed by atoms with Crippen LogP contribution in [-0.4, -0.2) is 13.1 Å². The first-order chi connectivity index (χ1) is 6.93. The van der Waals surface area contributed by atoms with Crippen LogP contribution >= 0.6 is 11.3 Å². The lowest BCUT2D eigenvalue weighted by Crippen LogP contribution is -2.18. The molecule has 2 fully saturated rings. The van der Waals surface area contributed by atoms with Crippen LogP contribution in [0.1, 0.15) is 25.7 Å². The number of hydrogen-bond donors (Lipinski definition) is 0. The quantitative estimate of drug-likeness (QED) is 0.682. The Bertz CT molecular complexity index is 279. The van der Waals surface area contributed by atoms with E-state index in [9.17, 15) is 0 Å². The summed E-state index contributed by atoms with van der Waals surface area (Å²) in [4.78, 5) is 2.60. The van der Waals surface area contributed by atoms with Crippen molar-refractivity contribution in [3.8, 4) is 0 Å². The Kier molecular flexibility index (Phi) is 2.24. The lowest BCUT2D eigenvalue weighted by Gasteiger charge is -2.22. The molecule has 1 saturated heterocycles. The maximum Gasteiger partial charge on any atom is 0.0908 e. The van der Waals surface area contributed by atoms with E-state index in [0.29, 0.717) is 0 Å². The Balaban J connectivity index is 1.74. The smallest absolute Gasteiger partial charge is 0.0908 e. The number of rotatable bonds is 1. The molecule has 0 N–H and O–H groups in total. The first-order valence-corrected chi connectivity index (χ1v) is 6.60. The normalized spacial score (nSPS) is 31.9. The summed E-state index contributed by atoms with van der Waals surface area (Å²) in [5.41, 5.74) is 0. The van der Waals surface area contributed by atoms with Crippen molar-refractivity contribution in [2.75, 3.05) is 18.0 Å². The van der Waals surface area contributed by atoms with Gasteiger partial charge in [-0.15, -0.1) is 11.3 Å². The van der Waals surface area contributed by atoms with Crippen LogP contribution in [0.2, 0.25) is 0 Å². The van der Waals surface area contributed by atoms with Crippen molar-refractivity contribution < 1.29 is 0 Å². The lowest BCUT2D eigenvalue weighted by molar-refractivity contribution is 0.299. The van der Waals surface area contributed by atoms with Crippen LogP contribution in [0.3, 0.4) is 0 Å². The SMILES string of the molecule is c1csc(N2C[C@H]3CCCC[C@H]3C2)c1. The van der Waals surface area contributed by atoms with Gasteiger partial charge >= 0.3 is 0 Å². The zero-order valence-electron chi connectivity index (χ0n) is 8.48. The van der Waals surface area contributed by atoms with Crippen molar-refractivity contribution in [2.45, 2.75) is 25.7 Å². The molecule has 1 nitrogen and oxygen atoms in total. The molecule has 1 aromatic heterocycles. The predicted octanol–water partition coefficient (Wildman–Crippen LogP) is 3.37. The summed E-state index contributed by atoms with van der Waals surface area (Å²) < 4.78 is 0. The lowest BCUT2D eigenvalue weighted by atomic mass is 9.82. The highest BCUT2D eigenvalue weighted by Crippen LogP contribution is 2.38. The van der Waals surface area contributed by atoms with Gasteiger partial charge in [0.15, 0.2) is 0 Å². The van der Waals surface area contributed by atoms with Gasteiger partial charge in [0, 0.05) is 13.1 Å². The van der Waals surface area contributed by atoms with Crippen LogP contribution in [0, 0.1) is 11.8 Å². The Hall–Kier alpha value is -0.500.